The summed E-state index contributed by atoms with van der Waals surface area (Å²) in [5.41, 5.74) is 0.462. The quantitative estimate of drug-likeness (QED) is 0.412. The van der Waals surface area contributed by atoms with Gasteiger partial charge in [0.25, 0.3) is 10.1 Å². The van der Waals surface area contributed by atoms with Gasteiger partial charge in [0.05, 0.1) is 31.3 Å². The molecule has 1 N–H and O–H groups in total. The molecule has 0 saturated heterocycles. The fraction of sp³-hybridized carbons (Fsp3) is 0.632. The van der Waals surface area contributed by atoms with Gasteiger partial charge >= 0.3 is 6.09 Å². The lowest BCUT2D eigenvalue weighted by molar-refractivity contribution is 0.0352. The van der Waals surface area contributed by atoms with Gasteiger partial charge in [0.1, 0.15) is 5.60 Å². The summed E-state index contributed by atoms with van der Waals surface area (Å²) in [5.74, 6) is 0. The van der Waals surface area contributed by atoms with E-state index in [1.807, 2.05) is 6.92 Å². The van der Waals surface area contributed by atoms with Gasteiger partial charge in [-0.05, 0) is 46.2 Å². The normalized spacial score (nSPS) is 12.0. The van der Waals surface area contributed by atoms with Crippen LogP contribution in [0.1, 0.15) is 32.8 Å². The Morgan fingerprint density at radius 3 is 2.14 bits per heavy atom. The van der Waals surface area contributed by atoms with E-state index in [2.05, 4.69) is 5.32 Å². The van der Waals surface area contributed by atoms with Gasteiger partial charge < -0.3 is 19.5 Å². The van der Waals surface area contributed by atoms with Crippen LogP contribution in [0.2, 0.25) is 0 Å². The molecule has 0 aliphatic carbocycles. The van der Waals surface area contributed by atoms with Gasteiger partial charge in [0.15, 0.2) is 0 Å². The van der Waals surface area contributed by atoms with Crippen LogP contribution in [0, 0.1) is 6.92 Å². The highest BCUT2D eigenvalue weighted by molar-refractivity contribution is 7.86. The first-order valence-corrected chi connectivity index (χ1v) is 10.6. The van der Waals surface area contributed by atoms with Crippen molar-refractivity contribution in [2.45, 2.75) is 44.6 Å². The Morgan fingerprint density at radius 1 is 0.964 bits per heavy atom. The molecule has 1 aromatic carbocycles. The third-order valence-electron chi connectivity index (χ3n) is 3.28. The molecule has 0 saturated carbocycles. The van der Waals surface area contributed by atoms with Crippen molar-refractivity contribution in [3.05, 3.63) is 29.8 Å². The van der Waals surface area contributed by atoms with Gasteiger partial charge in [-0.15, -0.1) is 0 Å². The third kappa shape index (κ3) is 11.2. The highest BCUT2D eigenvalue weighted by Gasteiger charge is 2.15. The second-order valence-corrected chi connectivity index (χ2v) is 8.71. The minimum Gasteiger partial charge on any atom is -0.444 e. The topological polar surface area (TPSA) is 100 Å². The second kappa shape index (κ2) is 12.0. The van der Waals surface area contributed by atoms with Gasteiger partial charge in [-0.3, -0.25) is 4.18 Å². The third-order valence-corrected chi connectivity index (χ3v) is 4.61. The molecule has 160 valence electrons. The maximum atomic E-state index is 12.0. The lowest BCUT2D eigenvalue weighted by Gasteiger charge is -2.19. The zero-order valence-corrected chi connectivity index (χ0v) is 17.8. The first kappa shape index (κ1) is 24.4. The van der Waals surface area contributed by atoms with Crippen LogP contribution in [0.3, 0.4) is 0 Å². The first-order valence-electron chi connectivity index (χ1n) is 9.18. The number of rotatable bonds is 12. The Morgan fingerprint density at radius 2 is 1.54 bits per heavy atom. The molecule has 0 aliphatic rings. The Labute approximate surface area is 167 Å². The summed E-state index contributed by atoms with van der Waals surface area (Å²) < 4.78 is 44.6. The highest BCUT2D eigenvalue weighted by Crippen LogP contribution is 2.12. The van der Waals surface area contributed by atoms with Crippen molar-refractivity contribution in [3.63, 3.8) is 0 Å². The number of amides is 1. The Kier molecular flexibility index (Phi) is 10.4. The number of carbonyl (C=O) groups excluding carboxylic acids is 1. The number of aryl methyl sites for hydroxylation is 1. The molecular weight excluding hydrogens is 386 g/mol. The molecule has 0 radical (unpaired) electrons. The molecule has 0 heterocycles. The molecule has 0 bridgehead atoms. The van der Waals surface area contributed by atoms with Gasteiger partial charge in [0, 0.05) is 13.2 Å². The monoisotopic (exact) mass is 417 g/mol. The summed E-state index contributed by atoms with van der Waals surface area (Å²) in [4.78, 5) is 11.5. The van der Waals surface area contributed by atoms with Gasteiger partial charge in [-0.2, -0.15) is 8.42 Å². The van der Waals surface area contributed by atoms with Crippen LogP contribution in [-0.4, -0.2) is 59.7 Å². The van der Waals surface area contributed by atoms with Crippen molar-refractivity contribution in [2.24, 2.45) is 0 Å². The van der Waals surface area contributed by atoms with E-state index < -0.39 is 21.8 Å². The minimum atomic E-state index is -3.76. The molecule has 9 heteroatoms. The molecule has 0 spiro atoms. The summed E-state index contributed by atoms with van der Waals surface area (Å²) >= 11 is 0. The van der Waals surface area contributed by atoms with Crippen molar-refractivity contribution < 1.29 is 31.6 Å². The number of benzene rings is 1. The summed E-state index contributed by atoms with van der Waals surface area (Å²) in [7, 11) is -3.76. The molecule has 8 nitrogen and oxygen atoms in total. The van der Waals surface area contributed by atoms with Crippen LogP contribution in [0.5, 0.6) is 0 Å². The molecule has 0 fully saturated rings. The number of carbonyl (C=O) groups is 1. The largest absolute Gasteiger partial charge is 0.444 e. The SMILES string of the molecule is Cc1ccc(S(=O)(=O)OCCOCCOCCCNC(=O)OC(C)(C)C)cc1. The van der Waals surface area contributed by atoms with Crippen LogP contribution in [-0.2, 0) is 28.5 Å². The molecule has 0 atom stereocenters. The van der Waals surface area contributed by atoms with E-state index in [9.17, 15) is 13.2 Å². The summed E-state index contributed by atoms with van der Waals surface area (Å²) in [6.45, 7) is 9.01. The average molecular weight is 418 g/mol. The lowest BCUT2D eigenvalue weighted by atomic mass is 10.2. The van der Waals surface area contributed by atoms with Gasteiger partial charge in [-0.25, -0.2) is 4.79 Å². The van der Waals surface area contributed by atoms with Gasteiger partial charge in [-0.1, -0.05) is 17.7 Å². The molecule has 0 aromatic heterocycles. The molecule has 1 rings (SSSR count). The van der Waals surface area contributed by atoms with E-state index in [4.69, 9.17) is 18.4 Å². The highest BCUT2D eigenvalue weighted by atomic mass is 32.2. The van der Waals surface area contributed by atoms with Crippen molar-refractivity contribution in [2.75, 3.05) is 39.6 Å². The molecule has 0 unspecified atom stereocenters. The van der Waals surface area contributed by atoms with Crippen LogP contribution in [0.25, 0.3) is 0 Å². The Hall–Kier alpha value is -1.68. The number of hydrogen-bond acceptors (Lipinski definition) is 7. The van der Waals surface area contributed by atoms with Crippen molar-refractivity contribution >= 4 is 16.2 Å². The molecule has 1 aromatic rings. The first-order chi connectivity index (χ1) is 13.1. The fourth-order valence-corrected chi connectivity index (χ4v) is 2.87. The smallest absolute Gasteiger partial charge is 0.407 e. The molecule has 28 heavy (non-hydrogen) atoms. The average Bonchev–Trinajstić information content (AvgIpc) is 2.58. The van der Waals surface area contributed by atoms with E-state index in [1.54, 1.807) is 32.9 Å². The fourth-order valence-electron chi connectivity index (χ4n) is 1.98. The molecule has 0 aliphatic heterocycles. The molecular formula is C19H31NO7S. The summed E-state index contributed by atoms with van der Waals surface area (Å²) in [5, 5.41) is 2.64. The Balaban J connectivity index is 1.99. The van der Waals surface area contributed by atoms with E-state index in [-0.39, 0.29) is 18.1 Å². The van der Waals surface area contributed by atoms with Crippen LogP contribution < -0.4 is 5.32 Å². The van der Waals surface area contributed by atoms with Crippen LogP contribution in [0.4, 0.5) is 4.79 Å². The summed E-state index contributed by atoms with van der Waals surface area (Å²) in [6, 6.07) is 6.45. The number of alkyl carbamates (subject to hydrolysis) is 1. The van der Waals surface area contributed by atoms with E-state index in [0.717, 1.165) is 5.56 Å². The molecule has 1 amide bonds. The summed E-state index contributed by atoms with van der Waals surface area (Å²) in [6.07, 6.45) is 0.202. The van der Waals surface area contributed by atoms with Crippen LogP contribution >= 0.6 is 0 Å². The van der Waals surface area contributed by atoms with Crippen molar-refractivity contribution in [1.29, 1.82) is 0 Å². The lowest BCUT2D eigenvalue weighted by Crippen LogP contribution is -2.33. The van der Waals surface area contributed by atoms with Crippen LogP contribution in [0.15, 0.2) is 29.2 Å². The van der Waals surface area contributed by atoms with Crippen molar-refractivity contribution in [3.8, 4) is 0 Å². The number of nitrogens with one attached hydrogen (secondary N) is 1. The van der Waals surface area contributed by atoms with E-state index >= 15 is 0 Å². The van der Waals surface area contributed by atoms with E-state index in [0.29, 0.717) is 32.8 Å². The number of ether oxygens (including phenoxy) is 3. The Bertz CT molecular complexity index is 681. The zero-order chi connectivity index (χ0) is 21.0. The predicted molar refractivity (Wildman–Crippen MR) is 105 cm³/mol. The van der Waals surface area contributed by atoms with Crippen molar-refractivity contribution in [1.82, 2.24) is 5.32 Å². The number of hydrogen-bond donors (Lipinski definition) is 1. The second-order valence-electron chi connectivity index (χ2n) is 7.10. The maximum Gasteiger partial charge on any atom is 0.407 e. The minimum absolute atomic E-state index is 0.0595. The maximum absolute atomic E-state index is 12.0. The zero-order valence-electron chi connectivity index (χ0n) is 17.0. The standard InChI is InChI=1S/C19H31NO7S/c1-16-6-8-17(9-7-16)28(22,23)26-15-14-25-13-12-24-11-5-10-20-18(21)27-19(2,3)4/h6-9H,5,10-15H2,1-4H3,(H,20,21). The predicted octanol–water partition coefficient (Wildman–Crippen LogP) is 2.65. The van der Waals surface area contributed by atoms with E-state index in [1.165, 1.54) is 12.1 Å². The van der Waals surface area contributed by atoms with Gasteiger partial charge in [0.2, 0.25) is 0 Å².